The molecule has 0 aliphatic carbocycles. The molecule has 0 saturated carbocycles. The molecular weight excluding hydrogens is 308 g/mol. The molecule has 19 heavy (non-hydrogen) atoms. The lowest BCUT2D eigenvalue weighted by molar-refractivity contribution is 0.602. The average molecular weight is 317 g/mol. The third-order valence-electron chi connectivity index (χ3n) is 1.92. The second kappa shape index (κ2) is 6.38. The number of thiocarbonyl (C=S) groups is 1. The van der Waals surface area contributed by atoms with Crippen LogP contribution in [0.1, 0.15) is 0 Å². The van der Waals surface area contributed by atoms with Crippen molar-refractivity contribution < 1.29 is 8.42 Å². The van der Waals surface area contributed by atoms with Crippen molar-refractivity contribution in [1.29, 1.82) is 5.26 Å². The van der Waals surface area contributed by atoms with Crippen molar-refractivity contribution >= 4 is 38.8 Å². The van der Waals surface area contributed by atoms with Gasteiger partial charge in [-0.1, -0.05) is 11.6 Å². The first kappa shape index (κ1) is 15.2. The summed E-state index contributed by atoms with van der Waals surface area (Å²) in [5, 5.41) is 9.20. The lowest BCUT2D eigenvalue weighted by Crippen LogP contribution is -2.38. The molecule has 0 radical (unpaired) electrons. The summed E-state index contributed by atoms with van der Waals surface area (Å²) in [7, 11) is -3.91. The summed E-state index contributed by atoms with van der Waals surface area (Å²) in [4.78, 5) is -0.527. The number of hydrogen-bond donors (Lipinski definition) is 3. The topological polar surface area (TPSA) is 108 Å². The van der Waals surface area contributed by atoms with Gasteiger partial charge in [-0.25, -0.2) is 8.42 Å². The van der Waals surface area contributed by atoms with Crippen LogP contribution in [-0.2, 0) is 9.84 Å². The molecular formula is C10H9ClN4O2S2. The Labute approximate surface area is 120 Å². The van der Waals surface area contributed by atoms with Crippen LogP contribution in [-0.4, -0.2) is 13.5 Å². The molecule has 0 aliphatic rings. The predicted octanol–water partition coefficient (Wildman–Crippen LogP) is 0.816. The predicted molar refractivity (Wildman–Crippen MR) is 75.4 cm³/mol. The van der Waals surface area contributed by atoms with Crippen LogP contribution in [0.2, 0.25) is 5.02 Å². The van der Waals surface area contributed by atoms with Crippen molar-refractivity contribution in [3.63, 3.8) is 0 Å². The van der Waals surface area contributed by atoms with Gasteiger partial charge >= 0.3 is 0 Å². The lowest BCUT2D eigenvalue weighted by atomic mass is 10.4. The molecule has 0 atom stereocenters. The van der Waals surface area contributed by atoms with Gasteiger partial charge in [0.05, 0.1) is 4.90 Å². The Morgan fingerprint density at radius 1 is 1.42 bits per heavy atom. The van der Waals surface area contributed by atoms with E-state index < -0.39 is 14.7 Å². The van der Waals surface area contributed by atoms with Crippen LogP contribution in [0.5, 0.6) is 0 Å². The van der Waals surface area contributed by atoms with E-state index in [2.05, 4.69) is 23.1 Å². The number of sulfone groups is 1. The summed E-state index contributed by atoms with van der Waals surface area (Å²) in [6.07, 6.45) is 0.961. The van der Waals surface area contributed by atoms with E-state index in [0.717, 1.165) is 6.20 Å². The summed E-state index contributed by atoms with van der Waals surface area (Å²) in [6.45, 7) is 0. The zero-order valence-electron chi connectivity index (χ0n) is 9.42. The number of hydrazine groups is 1. The molecule has 0 bridgehead atoms. The third-order valence-corrected chi connectivity index (χ3v) is 3.96. The summed E-state index contributed by atoms with van der Waals surface area (Å²) < 4.78 is 24.2. The fourth-order valence-electron chi connectivity index (χ4n) is 1.08. The van der Waals surface area contributed by atoms with E-state index in [4.69, 9.17) is 22.6 Å². The van der Waals surface area contributed by atoms with E-state index in [1.807, 2.05) is 0 Å². The third kappa shape index (κ3) is 4.10. The van der Waals surface area contributed by atoms with E-state index in [0.29, 0.717) is 5.02 Å². The van der Waals surface area contributed by atoms with E-state index in [9.17, 15) is 8.42 Å². The molecule has 0 amide bonds. The number of halogens is 1. The van der Waals surface area contributed by atoms with Gasteiger partial charge in [0, 0.05) is 11.2 Å². The molecule has 1 rings (SSSR count). The fourth-order valence-corrected chi connectivity index (χ4v) is 2.35. The Morgan fingerprint density at radius 2 is 2.00 bits per heavy atom. The maximum absolute atomic E-state index is 12.1. The number of allylic oxidation sites excluding steroid dienone is 1. The van der Waals surface area contributed by atoms with E-state index in [1.165, 1.54) is 24.3 Å². The molecule has 0 unspecified atom stereocenters. The molecule has 9 heteroatoms. The molecule has 4 N–H and O–H groups in total. The average Bonchev–Trinajstić information content (AvgIpc) is 2.34. The minimum Gasteiger partial charge on any atom is -0.375 e. The minimum atomic E-state index is -3.91. The fraction of sp³-hybridized carbons (Fsp3) is 0. The lowest BCUT2D eigenvalue weighted by Gasteiger charge is -2.05. The van der Waals surface area contributed by atoms with Gasteiger partial charge in [0.15, 0.2) is 10.0 Å². The minimum absolute atomic E-state index is 0.0400. The Hall–Kier alpha value is -1.82. The van der Waals surface area contributed by atoms with Gasteiger partial charge in [-0.05, 0) is 36.5 Å². The number of hydrogen-bond acceptors (Lipinski definition) is 5. The van der Waals surface area contributed by atoms with Gasteiger partial charge in [-0.15, -0.1) is 0 Å². The van der Waals surface area contributed by atoms with Gasteiger partial charge in [0.2, 0.25) is 9.84 Å². The van der Waals surface area contributed by atoms with Crippen molar-refractivity contribution in [2.24, 2.45) is 5.73 Å². The Balaban J connectivity index is 3.06. The van der Waals surface area contributed by atoms with Crippen LogP contribution < -0.4 is 16.6 Å². The monoisotopic (exact) mass is 316 g/mol. The first-order chi connectivity index (χ1) is 8.87. The zero-order chi connectivity index (χ0) is 14.5. The molecule has 6 nitrogen and oxygen atoms in total. The molecule has 1 aromatic rings. The second-order valence-electron chi connectivity index (χ2n) is 3.21. The first-order valence-corrected chi connectivity index (χ1v) is 7.07. The van der Waals surface area contributed by atoms with Crippen LogP contribution >= 0.6 is 23.8 Å². The number of nitrogens with one attached hydrogen (secondary N) is 2. The van der Waals surface area contributed by atoms with Crippen molar-refractivity contribution in [1.82, 2.24) is 10.9 Å². The van der Waals surface area contributed by atoms with Gasteiger partial charge in [-0.2, -0.15) is 5.26 Å². The van der Waals surface area contributed by atoms with Crippen molar-refractivity contribution in [2.75, 3.05) is 0 Å². The number of benzene rings is 1. The largest absolute Gasteiger partial charge is 0.375 e. The number of nitrogens with two attached hydrogens (primary N) is 1. The summed E-state index contributed by atoms with van der Waals surface area (Å²) in [6, 6.07) is 7.04. The molecule has 0 fully saturated rings. The SMILES string of the molecule is N#CC(=CNNC(N)=S)S(=O)(=O)c1ccc(Cl)cc1. The molecule has 100 valence electrons. The van der Waals surface area contributed by atoms with Crippen molar-refractivity contribution in [3.05, 3.63) is 40.4 Å². The summed E-state index contributed by atoms with van der Waals surface area (Å²) >= 11 is 10.2. The maximum Gasteiger partial charge on any atom is 0.218 e. The summed E-state index contributed by atoms with van der Waals surface area (Å²) in [5.41, 5.74) is 9.74. The smallest absolute Gasteiger partial charge is 0.218 e. The normalized spacial score (nSPS) is 11.5. The van der Waals surface area contributed by atoms with Crippen LogP contribution in [0.15, 0.2) is 40.3 Å². The van der Waals surface area contributed by atoms with Crippen LogP contribution in [0.3, 0.4) is 0 Å². The standard InChI is InChI=1S/C10H9ClN4O2S2/c11-7-1-3-8(4-2-7)19(16,17)9(5-12)6-14-15-10(13)18/h1-4,6,14H,(H3,13,15,18). The Kier molecular flexibility index (Phi) is 5.11. The zero-order valence-corrected chi connectivity index (χ0v) is 11.8. The highest BCUT2D eigenvalue weighted by Crippen LogP contribution is 2.20. The highest BCUT2D eigenvalue weighted by molar-refractivity contribution is 7.95. The second-order valence-corrected chi connectivity index (χ2v) is 6.01. The molecule has 0 aliphatic heterocycles. The van der Waals surface area contributed by atoms with E-state index >= 15 is 0 Å². The molecule has 0 aromatic heterocycles. The number of nitriles is 1. The van der Waals surface area contributed by atoms with Crippen molar-refractivity contribution in [3.8, 4) is 6.07 Å². The first-order valence-electron chi connectivity index (χ1n) is 4.80. The van der Waals surface area contributed by atoms with Gasteiger partial charge in [-0.3, -0.25) is 5.43 Å². The highest BCUT2D eigenvalue weighted by Gasteiger charge is 2.20. The Morgan fingerprint density at radius 3 is 2.47 bits per heavy atom. The molecule has 0 spiro atoms. The van der Waals surface area contributed by atoms with Gasteiger partial charge in [0.1, 0.15) is 6.07 Å². The van der Waals surface area contributed by atoms with Crippen LogP contribution in [0, 0.1) is 11.3 Å². The number of rotatable bonds is 4. The van der Waals surface area contributed by atoms with Crippen LogP contribution in [0.25, 0.3) is 0 Å². The number of nitrogens with zero attached hydrogens (tertiary/aromatic N) is 1. The van der Waals surface area contributed by atoms with Gasteiger partial charge in [0.25, 0.3) is 0 Å². The van der Waals surface area contributed by atoms with Crippen LogP contribution in [0.4, 0.5) is 0 Å². The van der Waals surface area contributed by atoms with Gasteiger partial charge < -0.3 is 11.2 Å². The van der Waals surface area contributed by atoms with Crippen molar-refractivity contribution in [2.45, 2.75) is 4.90 Å². The van der Waals surface area contributed by atoms with E-state index in [1.54, 1.807) is 6.07 Å². The quantitative estimate of drug-likeness (QED) is 0.428. The molecule has 0 saturated heterocycles. The molecule has 1 aromatic carbocycles. The van der Waals surface area contributed by atoms with E-state index in [-0.39, 0.29) is 10.0 Å². The maximum atomic E-state index is 12.1. The molecule has 0 heterocycles. The highest BCUT2D eigenvalue weighted by atomic mass is 35.5. The summed E-state index contributed by atoms with van der Waals surface area (Å²) in [5.74, 6) is 0. The Bertz CT molecular complexity index is 647.